The molecule has 0 aliphatic heterocycles. The molecule has 0 fully saturated rings. The summed E-state index contributed by atoms with van der Waals surface area (Å²) in [6.45, 7) is 0. The Morgan fingerprint density at radius 1 is 1.12 bits per heavy atom. The SMILES string of the molecule is Cl.Cl.Nc1ccc(OC(F)(F)C(F)F)c(N)c1. The van der Waals surface area contributed by atoms with Gasteiger partial charge in [-0.15, -0.1) is 24.8 Å². The first-order chi connectivity index (χ1) is 6.83. The molecule has 0 aliphatic rings. The van der Waals surface area contributed by atoms with Gasteiger partial charge in [-0.25, -0.2) is 0 Å². The zero-order valence-corrected chi connectivity index (χ0v) is 9.83. The van der Waals surface area contributed by atoms with Crippen molar-refractivity contribution in [2.45, 2.75) is 12.5 Å². The Morgan fingerprint density at radius 3 is 2.06 bits per heavy atom. The van der Waals surface area contributed by atoms with Gasteiger partial charge in [-0.1, -0.05) is 0 Å². The second-order valence-corrected chi connectivity index (χ2v) is 2.76. The number of ether oxygens (including phenoxy) is 1. The maximum Gasteiger partial charge on any atom is 0.461 e. The quantitative estimate of drug-likeness (QED) is 0.666. The standard InChI is InChI=1S/C8H8F4N2O.2ClH/c9-7(10)8(11,12)15-6-2-1-4(13)3-5(6)14;;/h1-3,7H,13-14H2;2*1H. The van der Waals surface area contributed by atoms with E-state index in [2.05, 4.69) is 4.74 Å². The van der Waals surface area contributed by atoms with Crippen LogP contribution in [0.3, 0.4) is 0 Å². The molecule has 0 aromatic heterocycles. The summed E-state index contributed by atoms with van der Waals surface area (Å²) in [6, 6.07) is 3.35. The summed E-state index contributed by atoms with van der Waals surface area (Å²) in [5.74, 6) is -0.533. The van der Waals surface area contributed by atoms with Crippen LogP contribution in [0, 0.1) is 0 Å². The molecule has 17 heavy (non-hydrogen) atoms. The number of benzene rings is 1. The maximum absolute atomic E-state index is 12.5. The highest BCUT2D eigenvalue weighted by atomic mass is 35.5. The molecule has 0 bridgehead atoms. The van der Waals surface area contributed by atoms with Crippen molar-refractivity contribution in [3.05, 3.63) is 18.2 Å². The summed E-state index contributed by atoms with van der Waals surface area (Å²) in [6.07, 6.45) is -8.49. The molecule has 100 valence electrons. The third-order valence-corrected chi connectivity index (χ3v) is 1.53. The van der Waals surface area contributed by atoms with Crippen LogP contribution < -0.4 is 16.2 Å². The minimum Gasteiger partial charge on any atom is -0.426 e. The van der Waals surface area contributed by atoms with Crippen LogP contribution in [0.4, 0.5) is 28.9 Å². The number of nitrogens with two attached hydrogens (primary N) is 2. The van der Waals surface area contributed by atoms with Gasteiger partial charge in [-0.2, -0.15) is 17.6 Å². The molecule has 0 saturated carbocycles. The normalized spacial score (nSPS) is 10.4. The van der Waals surface area contributed by atoms with Crippen LogP contribution in [0.2, 0.25) is 0 Å². The van der Waals surface area contributed by atoms with Crippen LogP contribution in [-0.2, 0) is 0 Å². The van der Waals surface area contributed by atoms with E-state index >= 15 is 0 Å². The van der Waals surface area contributed by atoms with Gasteiger partial charge in [0.1, 0.15) is 5.75 Å². The third kappa shape index (κ3) is 4.74. The Hall–Kier alpha value is -1.08. The van der Waals surface area contributed by atoms with Crippen molar-refractivity contribution < 1.29 is 22.3 Å². The minimum absolute atomic E-state index is 0. The summed E-state index contributed by atoms with van der Waals surface area (Å²) >= 11 is 0. The largest absolute Gasteiger partial charge is 0.461 e. The fraction of sp³-hybridized carbons (Fsp3) is 0.250. The van der Waals surface area contributed by atoms with E-state index in [0.717, 1.165) is 12.1 Å². The van der Waals surface area contributed by atoms with Crippen molar-refractivity contribution in [3.8, 4) is 5.75 Å². The summed E-state index contributed by atoms with van der Waals surface area (Å²) in [5, 5.41) is 0. The van der Waals surface area contributed by atoms with Gasteiger partial charge in [0.05, 0.1) is 5.69 Å². The Labute approximate surface area is 107 Å². The second-order valence-electron chi connectivity index (χ2n) is 2.76. The van der Waals surface area contributed by atoms with Crippen molar-refractivity contribution in [2.24, 2.45) is 0 Å². The Bertz CT molecular complexity index is 365. The molecule has 0 atom stereocenters. The van der Waals surface area contributed by atoms with E-state index in [4.69, 9.17) is 11.5 Å². The molecule has 4 N–H and O–H groups in total. The molecule has 1 aromatic carbocycles. The van der Waals surface area contributed by atoms with Crippen LogP contribution >= 0.6 is 24.8 Å². The van der Waals surface area contributed by atoms with Gasteiger partial charge in [0, 0.05) is 5.69 Å². The van der Waals surface area contributed by atoms with E-state index in [1.807, 2.05) is 0 Å². The molecule has 0 heterocycles. The first-order valence-electron chi connectivity index (χ1n) is 3.83. The first-order valence-corrected chi connectivity index (χ1v) is 3.83. The summed E-state index contributed by atoms with van der Waals surface area (Å²) < 4.78 is 52.2. The Kier molecular flexibility index (Phi) is 7.11. The van der Waals surface area contributed by atoms with E-state index in [9.17, 15) is 17.6 Å². The highest BCUT2D eigenvalue weighted by Crippen LogP contribution is 2.31. The van der Waals surface area contributed by atoms with Gasteiger partial charge in [-0.3, -0.25) is 0 Å². The first kappa shape index (κ1) is 18.3. The zero-order chi connectivity index (χ0) is 11.6. The maximum atomic E-state index is 12.5. The van der Waals surface area contributed by atoms with Crippen molar-refractivity contribution >= 4 is 36.2 Å². The number of hydrogen-bond donors (Lipinski definition) is 2. The lowest BCUT2D eigenvalue weighted by Crippen LogP contribution is -2.33. The van der Waals surface area contributed by atoms with Crippen LogP contribution in [0.15, 0.2) is 18.2 Å². The lowest BCUT2D eigenvalue weighted by Gasteiger charge is -2.17. The molecule has 3 nitrogen and oxygen atoms in total. The number of rotatable bonds is 3. The highest BCUT2D eigenvalue weighted by molar-refractivity contribution is 5.85. The monoisotopic (exact) mass is 296 g/mol. The number of alkyl halides is 4. The molecular weight excluding hydrogens is 287 g/mol. The second kappa shape index (κ2) is 6.61. The van der Waals surface area contributed by atoms with Gasteiger partial charge in [0.2, 0.25) is 0 Å². The minimum atomic E-state index is -4.57. The Balaban J connectivity index is 0. The topological polar surface area (TPSA) is 61.3 Å². The van der Waals surface area contributed by atoms with E-state index in [1.54, 1.807) is 0 Å². The average molecular weight is 297 g/mol. The van der Waals surface area contributed by atoms with Gasteiger partial charge in [-0.05, 0) is 18.2 Å². The predicted octanol–water partition coefficient (Wildman–Crippen LogP) is 2.93. The summed E-state index contributed by atoms with van der Waals surface area (Å²) in [7, 11) is 0. The van der Waals surface area contributed by atoms with Crippen LogP contribution in [0.1, 0.15) is 0 Å². The highest BCUT2D eigenvalue weighted by Gasteiger charge is 2.44. The predicted molar refractivity (Wildman–Crippen MR) is 61.3 cm³/mol. The zero-order valence-electron chi connectivity index (χ0n) is 8.20. The summed E-state index contributed by atoms with van der Waals surface area (Å²) in [4.78, 5) is 0. The van der Waals surface area contributed by atoms with E-state index in [1.165, 1.54) is 6.07 Å². The van der Waals surface area contributed by atoms with Crippen LogP contribution in [0.5, 0.6) is 5.75 Å². The number of hydrogen-bond acceptors (Lipinski definition) is 3. The molecule has 0 unspecified atom stereocenters. The van der Waals surface area contributed by atoms with Crippen LogP contribution in [0.25, 0.3) is 0 Å². The van der Waals surface area contributed by atoms with Gasteiger partial charge in [0.15, 0.2) is 0 Å². The van der Waals surface area contributed by atoms with Crippen molar-refractivity contribution in [1.29, 1.82) is 0 Å². The van der Waals surface area contributed by atoms with Gasteiger partial charge in [0.25, 0.3) is 0 Å². The smallest absolute Gasteiger partial charge is 0.426 e. The lowest BCUT2D eigenvalue weighted by atomic mass is 10.2. The fourth-order valence-electron chi connectivity index (χ4n) is 0.851. The number of nitrogen functional groups attached to an aromatic ring is 2. The molecule has 1 rings (SSSR count). The molecule has 0 spiro atoms. The number of halogens is 6. The lowest BCUT2D eigenvalue weighted by molar-refractivity contribution is -0.252. The van der Waals surface area contributed by atoms with E-state index < -0.39 is 18.3 Å². The fourth-order valence-corrected chi connectivity index (χ4v) is 0.851. The molecular formula is C8H10Cl2F4N2O. The van der Waals surface area contributed by atoms with Crippen molar-refractivity contribution in [3.63, 3.8) is 0 Å². The van der Waals surface area contributed by atoms with Crippen molar-refractivity contribution in [2.75, 3.05) is 11.5 Å². The Morgan fingerprint density at radius 2 is 1.65 bits per heavy atom. The molecule has 0 saturated heterocycles. The average Bonchev–Trinajstić information content (AvgIpc) is 2.09. The van der Waals surface area contributed by atoms with Crippen LogP contribution in [-0.4, -0.2) is 12.5 Å². The number of anilines is 2. The summed E-state index contributed by atoms with van der Waals surface area (Å²) in [5.41, 5.74) is 10.5. The molecule has 9 heteroatoms. The van der Waals surface area contributed by atoms with Gasteiger partial charge >= 0.3 is 12.5 Å². The molecule has 0 amide bonds. The van der Waals surface area contributed by atoms with Crippen molar-refractivity contribution in [1.82, 2.24) is 0 Å². The third-order valence-electron chi connectivity index (χ3n) is 1.53. The molecule has 1 aromatic rings. The van der Waals surface area contributed by atoms with Gasteiger partial charge < -0.3 is 16.2 Å². The molecule has 0 radical (unpaired) electrons. The van der Waals surface area contributed by atoms with E-state index in [-0.39, 0.29) is 36.2 Å². The van der Waals surface area contributed by atoms with E-state index in [0.29, 0.717) is 0 Å². The molecule has 0 aliphatic carbocycles.